The lowest BCUT2D eigenvalue weighted by Crippen LogP contribution is -2.40. The number of amides is 1. The van der Waals surface area contributed by atoms with Crippen LogP contribution in [0.5, 0.6) is 0 Å². The van der Waals surface area contributed by atoms with Crippen molar-refractivity contribution in [3.8, 4) is 0 Å². The van der Waals surface area contributed by atoms with Gasteiger partial charge in [-0.3, -0.25) is 9.69 Å². The zero-order chi connectivity index (χ0) is 15.2. The van der Waals surface area contributed by atoms with Crippen LogP contribution in [0.1, 0.15) is 24.3 Å². The summed E-state index contributed by atoms with van der Waals surface area (Å²) >= 11 is 0. The number of benzene rings is 1. The van der Waals surface area contributed by atoms with Crippen molar-refractivity contribution < 1.29 is 9.53 Å². The lowest BCUT2D eigenvalue weighted by Gasteiger charge is -2.29. The smallest absolute Gasteiger partial charge is 0.230 e. The van der Waals surface area contributed by atoms with Crippen LogP contribution in [0.4, 0.5) is 0 Å². The highest BCUT2D eigenvalue weighted by atomic mass is 16.5. The van der Waals surface area contributed by atoms with Crippen molar-refractivity contribution in [2.45, 2.75) is 24.8 Å². The molecule has 3 atom stereocenters. The summed E-state index contributed by atoms with van der Waals surface area (Å²) in [7, 11) is 1.94. The summed E-state index contributed by atoms with van der Waals surface area (Å²) in [5.74, 6) is 0.648. The van der Waals surface area contributed by atoms with Crippen LogP contribution >= 0.6 is 0 Å². The third-order valence-electron chi connectivity index (χ3n) is 5.86. The first-order valence-corrected chi connectivity index (χ1v) is 8.33. The number of ether oxygens (including phenoxy) is 1. The van der Waals surface area contributed by atoms with Gasteiger partial charge in [0.2, 0.25) is 5.91 Å². The molecule has 118 valence electrons. The van der Waals surface area contributed by atoms with Gasteiger partial charge in [-0.1, -0.05) is 30.3 Å². The standard InChI is InChI=1S/C18H24N2O2/c1-19-9-8-18(17(19)21)13-20(15-7-10-22-12-15)11-16(18)14-5-3-2-4-6-14/h2-6,15-16H,7-13H2,1H3/t15-,16-,18+/m0/s1. The van der Waals surface area contributed by atoms with Crippen LogP contribution < -0.4 is 0 Å². The number of nitrogens with zero attached hydrogens (tertiary/aromatic N) is 2. The van der Waals surface area contributed by atoms with E-state index < -0.39 is 0 Å². The molecule has 4 rings (SSSR count). The Hall–Kier alpha value is -1.39. The van der Waals surface area contributed by atoms with E-state index in [1.165, 1.54) is 5.56 Å². The molecule has 3 heterocycles. The molecule has 0 radical (unpaired) electrons. The van der Waals surface area contributed by atoms with Crippen molar-refractivity contribution in [2.75, 3.05) is 39.9 Å². The summed E-state index contributed by atoms with van der Waals surface area (Å²) in [5, 5.41) is 0. The second kappa shape index (κ2) is 5.36. The predicted molar refractivity (Wildman–Crippen MR) is 84.7 cm³/mol. The van der Waals surface area contributed by atoms with Crippen molar-refractivity contribution >= 4 is 5.91 Å². The molecule has 1 aromatic carbocycles. The van der Waals surface area contributed by atoms with Gasteiger partial charge in [-0.15, -0.1) is 0 Å². The fourth-order valence-electron chi connectivity index (χ4n) is 4.57. The Labute approximate surface area is 132 Å². The summed E-state index contributed by atoms with van der Waals surface area (Å²) in [5.41, 5.74) is 1.09. The Balaban J connectivity index is 1.68. The summed E-state index contributed by atoms with van der Waals surface area (Å²) in [6.45, 7) is 4.44. The Bertz CT molecular complexity index is 555. The number of carbonyl (C=O) groups excluding carboxylic acids is 1. The minimum Gasteiger partial charge on any atom is -0.380 e. The van der Waals surface area contributed by atoms with E-state index in [0.29, 0.717) is 17.9 Å². The number of hydrogen-bond donors (Lipinski definition) is 0. The molecule has 0 saturated carbocycles. The summed E-state index contributed by atoms with van der Waals surface area (Å²) in [6.07, 6.45) is 2.08. The van der Waals surface area contributed by atoms with Crippen LogP contribution in [0.15, 0.2) is 30.3 Å². The molecule has 3 aliphatic heterocycles. The molecule has 4 nitrogen and oxygen atoms in total. The van der Waals surface area contributed by atoms with E-state index >= 15 is 0 Å². The maximum Gasteiger partial charge on any atom is 0.230 e. The highest BCUT2D eigenvalue weighted by molar-refractivity contribution is 5.86. The molecule has 0 unspecified atom stereocenters. The molecule has 0 N–H and O–H groups in total. The van der Waals surface area contributed by atoms with Crippen molar-refractivity contribution in [1.82, 2.24) is 9.80 Å². The molecule has 4 heteroatoms. The molecule has 1 aromatic rings. The normalized spacial score (nSPS) is 35.9. The van der Waals surface area contributed by atoms with Gasteiger partial charge in [-0.2, -0.15) is 0 Å². The van der Waals surface area contributed by atoms with Crippen molar-refractivity contribution in [2.24, 2.45) is 5.41 Å². The Morgan fingerprint density at radius 2 is 2.09 bits per heavy atom. The van der Waals surface area contributed by atoms with Gasteiger partial charge in [0.15, 0.2) is 0 Å². The van der Waals surface area contributed by atoms with Gasteiger partial charge in [-0.05, 0) is 18.4 Å². The van der Waals surface area contributed by atoms with Gasteiger partial charge in [-0.25, -0.2) is 0 Å². The zero-order valence-electron chi connectivity index (χ0n) is 13.2. The third-order valence-corrected chi connectivity index (χ3v) is 5.86. The molecule has 0 aliphatic carbocycles. The van der Waals surface area contributed by atoms with E-state index in [9.17, 15) is 4.79 Å². The number of likely N-dealkylation sites (tertiary alicyclic amines) is 2. The van der Waals surface area contributed by atoms with Crippen LogP contribution in [0, 0.1) is 5.41 Å². The van der Waals surface area contributed by atoms with Crippen LogP contribution in [0.3, 0.4) is 0 Å². The average molecular weight is 300 g/mol. The van der Waals surface area contributed by atoms with Crippen molar-refractivity contribution in [3.05, 3.63) is 35.9 Å². The predicted octanol–water partition coefficient (Wildman–Crippen LogP) is 1.72. The van der Waals surface area contributed by atoms with E-state index in [2.05, 4.69) is 35.2 Å². The lowest BCUT2D eigenvalue weighted by atomic mass is 9.73. The zero-order valence-corrected chi connectivity index (χ0v) is 13.2. The van der Waals surface area contributed by atoms with Gasteiger partial charge in [0.05, 0.1) is 12.0 Å². The maximum absolute atomic E-state index is 12.9. The van der Waals surface area contributed by atoms with E-state index in [4.69, 9.17) is 4.74 Å². The summed E-state index contributed by atoms with van der Waals surface area (Å²) in [4.78, 5) is 17.4. The van der Waals surface area contributed by atoms with Gasteiger partial charge in [0, 0.05) is 45.2 Å². The molecular weight excluding hydrogens is 276 g/mol. The Morgan fingerprint density at radius 3 is 2.73 bits per heavy atom. The molecule has 0 aromatic heterocycles. The largest absolute Gasteiger partial charge is 0.380 e. The Kier molecular flexibility index (Phi) is 3.46. The molecule has 3 saturated heterocycles. The molecule has 1 amide bonds. The van der Waals surface area contributed by atoms with Gasteiger partial charge < -0.3 is 9.64 Å². The highest BCUT2D eigenvalue weighted by Gasteiger charge is 2.57. The first kappa shape index (κ1) is 14.2. The van der Waals surface area contributed by atoms with E-state index in [0.717, 1.165) is 45.7 Å². The van der Waals surface area contributed by atoms with E-state index in [1.807, 2.05) is 11.9 Å². The van der Waals surface area contributed by atoms with Gasteiger partial charge in [0.1, 0.15) is 0 Å². The summed E-state index contributed by atoms with van der Waals surface area (Å²) in [6, 6.07) is 11.1. The maximum atomic E-state index is 12.9. The van der Waals surface area contributed by atoms with Crippen molar-refractivity contribution in [3.63, 3.8) is 0 Å². The van der Waals surface area contributed by atoms with Crippen molar-refractivity contribution in [1.29, 1.82) is 0 Å². The second-order valence-electron chi connectivity index (χ2n) is 7.04. The van der Waals surface area contributed by atoms with Gasteiger partial charge in [0.25, 0.3) is 0 Å². The minimum atomic E-state index is -0.224. The molecule has 3 fully saturated rings. The fraction of sp³-hybridized carbons (Fsp3) is 0.611. The first-order valence-electron chi connectivity index (χ1n) is 8.33. The van der Waals surface area contributed by atoms with Crippen LogP contribution in [-0.2, 0) is 9.53 Å². The van der Waals surface area contributed by atoms with Crippen LogP contribution in [0.25, 0.3) is 0 Å². The quantitative estimate of drug-likeness (QED) is 0.834. The van der Waals surface area contributed by atoms with Gasteiger partial charge >= 0.3 is 0 Å². The monoisotopic (exact) mass is 300 g/mol. The van der Waals surface area contributed by atoms with E-state index in [-0.39, 0.29) is 5.41 Å². The molecule has 0 bridgehead atoms. The molecular formula is C18H24N2O2. The SMILES string of the molecule is CN1CC[C@]2(CN([C@H]3CCOC3)C[C@H]2c2ccccc2)C1=O. The highest BCUT2D eigenvalue weighted by Crippen LogP contribution is 2.50. The number of hydrogen-bond acceptors (Lipinski definition) is 3. The summed E-state index contributed by atoms with van der Waals surface area (Å²) < 4.78 is 5.57. The number of rotatable bonds is 2. The second-order valence-corrected chi connectivity index (χ2v) is 7.04. The molecule has 3 aliphatic rings. The van der Waals surface area contributed by atoms with Crippen LogP contribution in [-0.4, -0.2) is 61.6 Å². The molecule has 22 heavy (non-hydrogen) atoms. The number of carbonyl (C=O) groups is 1. The third kappa shape index (κ3) is 2.09. The average Bonchev–Trinajstić information content (AvgIpc) is 3.25. The first-order chi connectivity index (χ1) is 10.7. The van der Waals surface area contributed by atoms with Crippen LogP contribution in [0.2, 0.25) is 0 Å². The molecule has 1 spiro atoms. The lowest BCUT2D eigenvalue weighted by molar-refractivity contribution is -0.135. The topological polar surface area (TPSA) is 32.8 Å². The Morgan fingerprint density at radius 1 is 1.27 bits per heavy atom. The van der Waals surface area contributed by atoms with E-state index in [1.54, 1.807) is 0 Å². The minimum absolute atomic E-state index is 0.224. The fourth-order valence-corrected chi connectivity index (χ4v) is 4.57.